The average Bonchev–Trinajstić information content (AvgIpc) is 2.82. The summed E-state index contributed by atoms with van der Waals surface area (Å²) in [4.78, 5) is 30.0. The zero-order chi connectivity index (χ0) is 26.9. The van der Waals surface area contributed by atoms with Crippen LogP contribution in [0.5, 0.6) is 11.5 Å². The number of carboxylic acid groups (broad SMARTS) is 1. The number of rotatable bonds is 13. The van der Waals surface area contributed by atoms with Crippen LogP contribution in [0.1, 0.15) is 87.2 Å². The molecule has 8 heteroatoms. The van der Waals surface area contributed by atoms with E-state index >= 15 is 0 Å². The summed E-state index contributed by atoms with van der Waals surface area (Å²) < 4.78 is 11.1. The molecule has 0 aliphatic carbocycles. The minimum Gasteiger partial charge on any atom is -0.496 e. The lowest BCUT2D eigenvalue weighted by atomic mass is 9.85. The largest absolute Gasteiger partial charge is 0.496 e. The molecule has 0 bridgehead atoms. The van der Waals surface area contributed by atoms with Crippen LogP contribution in [-0.2, 0) is 15.0 Å². The topological polar surface area (TPSA) is 106 Å². The zero-order valence-electron chi connectivity index (χ0n) is 22.5. The van der Waals surface area contributed by atoms with Crippen molar-refractivity contribution in [2.75, 3.05) is 32.1 Å². The fourth-order valence-corrected chi connectivity index (χ4v) is 4.30. The molecule has 198 valence electrons. The molecule has 0 saturated heterocycles. The van der Waals surface area contributed by atoms with E-state index in [2.05, 4.69) is 17.7 Å². The van der Waals surface area contributed by atoms with Crippen LogP contribution < -0.4 is 20.3 Å². The lowest BCUT2D eigenvalue weighted by Gasteiger charge is -2.25. The molecule has 36 heavy (non-hydrogen) atoms. The minimum absolute atomic E-state index is 0.129. The highest BCUT2D eigenvalue weighted by molar-refractivity contribution is 5.95. The Morgan fingerprint density at radius 2 is 1.67 bits per heavy atom. The van der Waals surface area contributed by atoms with Crippen LogP contribution >= 0.6 is 0 Å². The van der Waals surface area contributed by atoms with Crippen molar-refractivity contribution >= 4 is 23.3 Å². The lowest BCUT2D eigenvalue weighted by molar-refractivity contribution is -0.116. The first-order valence-corrected chi connectivity index (χ1v) is 12.3. The highest BCUT2D eigenvalue weighted by Crippen LogP contribution is 2.40. The first-order chi connectivity index (χ1) is 17.0. The molecule has 0 fully saturated rings. The molecule has 0 aliphatic rings. The van der Waals surface area contributed by atoms with Gasteiger partial charge < -0.3 is 19.9 Å². The number of carbonyl (C=O) groups excluding carboxylic acids is 1. The number of hydrogen-bond donors (Lipinski definition) is 3. The van der Waals surface area contributed by atoms with Crippen molar-refractivity contribution in [1.29, 1.82) is 0 Å². The molecule has 2 aromatic rings. The van der Waals surface area contributed by atoms with Crippen LogP contribution in [0.2, 0.25) is 0 Å². The van der Waals surface area contributed by atoms with Crippen molar-refractivity contribution in [3.8, 4) is 11.5 Å². The van der Waals surface area contributed by atoms with E-state index in [-0.39, 0.29) is 29.2 Å². The van der Waals surface area contributed by atoms with Crippen LogP contribution in [0.15, 0.2) is 30.3 Å². The number of carboxylic acids is 1. The Kier molecular flexibility index (Phi) is 10.6. The molecule has 0 heterocycles. The predicted molar refractivity (Wildman–Crippen MR) is 142 cm³/mol. The third kappa shape index (κ3) is 7.62. The Hall–Kier alpha value is -3.26. The Morgan fingerprint density at radius 1 is 0.972 bits per heavy atom. The van der Waals surface area contributed by atoms with Crippen molar-refractivity contribution in [3.05, 3.63) is 47.0 Å². The van der Waals surface area contributed by atoms with Gasteiger partial charge in [-0.25, -0.2) is 4.79 Å². The monoisotopic (exact) mass is 500 g/mol. The summed E-state index contributed by atoms with van der Waals surface area (Å²) in [5, 5.41) is 12.5. The number of methoxy groups -OCH3 is 2. The maximum Gasteiger partial charge on any atom is 0.335 e. The van der Waals surface area contributed by atoms with E-state index in [1.807, 2.05) is 26.8 Å². The summed E-state index contributed by atoms with van der Waals surface area (Å²) >= 11 is 0. The highest BCUT2D eigenvalue weighted by Gasteiger charge is 2.25. The fraction of sp³-hybridized carbons (Fsp3) is 0.500. The number of amides is 1. The second-order valence-corrected chi connectivity index (χ2v) is 9.86. The van der Waals surface area contributed by atoms with Crippen LogP contribution in [0, 0.1) is 0 Å². The van der Waals surface area contributed by atoms with Crippen LogP contribution in [-0.4, -0.2) is 38.3 Å². The molecule has 1 unspecified atom stereocenters. The number of aromatic carboxylic acids is 1. The smallest absolute Gasteiger partial charge is 0.335 e. The molecule has 0 aromatic heterocycles. The summed E-state index contributed by atoms with van der Waals surface area (Å²) in [6, 6.07) is 8.55. The number of carbonyl (C=O) groups is 2. The summed E-state index contributed by atoms with van der Waals surface area (Å²) in [7, 11) is 4.69. The van der Waals surface area contributed by atoms with Gasteiger partial charge in [0.15, 0.2) is 0 Å². The van der Waals surface area contributed by atoms with E-state index in [1.165, 1.54) is 13.2 Å². The molecule has 2 rings (SSSR count). The zero-order valence-corrected chi connectivity index (χ0v) is 22.5. The second kappa shape index (κ2) is 13.2. The van der Waals surface area contributed by atoms with Gasteiger partial charge in [0.25, 0.3) is 0 Å². The van der Waals surface area contributed by atoms with Crippen molar-refractivity contribution in [2.45, 2.75) is 71.1 Å². The molecule has 1 amide bonds. The molecule has 1 atom stereocenters. The van der Waals surface area contributed by atoms with Gasteiger partial charge in [0.1, 0.15) is 17.2 Å². The van der Waals surface area contributed by atoms with Gasteiger partial charge in [0, 0.05) is 23.7 Å². The molecule has 0 aliphatic heterocycles. The van der Waals surface area contributed by atoms with Crippen LogP contribution in [0.3, 0.4) is 0 Å². The van der Waals surface area contributed by atoms with E-state index in [0.717, 1.165) is 36.8 Å². The maximum absolute atomic E-state index is 13.4. The van der Waals surface area contributed by atoms with Crippen molar-refractivity contribution in [3.63, 3.8) is 0 Å². The standard InChI is InChI=1S/C28H40N2O6/c1-8-9-10-11-18(20-16-23(30-36-7)25(35-6)17-24(20)34-5)15-26(31)29-22-14-19(27(32)33)12-13-21(22)28(2,3)4/h12-14,16-18,30H,8-11,15H2,1-7H3,(H,29,31)(H,32,33). The quantitative estimate of drug-likeness (QED) is 0.217. The summed E-state index contributed by atoms with van der Waals surface area (Å²) in [6.45, 7) is 8.22. The number of nitrogens with one attached hydrogen (secondary N) is 2. The highest BCUT2D eigenvalue weighted by atomic mass is 16.6. The number of unbranched alkanes of at least 4 members (excludes halogenated alkanes) is 2. The maximum atomic E-state index is 13.4. The second-order valence-electron chi connectivity index (χ2n) is 9.86. The van der Waals surface area contributed by atoms with Crippen molar-refractivity contribution in [1.82, 2.24) is 0 Å². The summed E-state index contributed by atoms with van der Waals surface area (Å²) in [5.41, 5.74) is 5.59. The number of ether oxygens (including phenoxy) is 2. The SMILES string of the molecule is CCCCCC(CC(=O)Nc1cc(C(=O)O)ccc1C(C)(C)C)c1cc(NOC)c(OC)cc1OC. The van der Waals surface area contributed by atoms with Gasteiger partial charge in [0.05, 0.1) is 26.9 Å². The van der Waals surface area contributed by atoms with Gasteiger partial charge in [-0.2, -0.15) is 0 Å². The number of anilines is 2. The Morgan fingerprint density at radius 3 is 2.22 bits per heavy atom. The van der Waals surface area contributed by atoms with Gasteiger partial charge in [-0.15, -0.1) is 0 Å². The Labute approximate surface area is 214 Å². The van der Waals surface area contributed by atoms with Gasteiger partial charge in [0.2, 0.25) is 5.91 Å². The fourth-order valence-electron chi connectivity index (χ4n) is 4.30. The van der Waals surface area contributed by atoms with E-state index in [1.54, 1.807) is 32.4 Å². The van der Waals surface area contributed by atoms with E-state index < -0.39 is 5.97 Å². The predicted octanol–water partition coefficient (Wildman–Crippen LogP) is 6.37. The molecular weight excluding hydrogens is 460 g/mol. The Bertz CT molecular complexity index is 1050. The third-order valence-electron chi connectivity index (χ3n) is 6.14. The van der Waals surface area contributed by atoms with Gasteiger partial charge in [-0.05, 0) is 41.5 Å². The summed E-state index contributed by atoms with van der Waals surface area (Å²) in [5.74, 6) is -0.163. The molecule has 8 nitrogen and oxygen atoms in total. The molecule has 0 spiro atoms. The first-order valence-electron chi connectivity index (χ1n) is 12.3. The van der Waals surface area contributed by atoms with Crippen molar-refractivity contribution in [2.24, 2.45) is 0 Å². The van der Waals surface area contributed by atoms with E-state index in [0.29, 0.717) is 22.9 Å². The molecule has 3 N–H and O–H groups in total. The molecular formula is C28H40N2O6. The van der Waals surface area contributed by atoms with Gasteiger partial charge >= 0.3 is 5.97 Å². The van der Waals surface area contributed by atoms with Crippen LogP contribution in [0.25, 0.3) is 0 Å². The van der Waals surface area contributed by atoms with Crippen molar-refractivity contribution < 1.29 is 29.0 Å². The molecule has 0 radical (unpaired) electrons. The third-order valence-corrected chi connectivity index (χ3v) is 6.14. The number of hydrogen-bond acceptors (Lipinski definition) is 6. The first kappa shape index (κ1) is 29.0. The van der Waals surface area contributed by atoms with Gasteiger partial charge in [-0.3, -0.25) is 15.1 Å². The molecule has 2 aromatic carbocycles. The Balaban J connectivity index is 2.43. The minimum atomic E-state index is -1.04. The lowest BCUT2D eigenvalue weighted by Crippen LogP contribution is -2.21. The average molecular weight is 501 g/mol. The molecule has 0 saturated carbocycles. The van der Waals surface area contributed by atoms with Gasteiger partial charge in [-0.1, -0.05) is 53.0 Å². The van der Waals surface area contributed by atoms with Crippen LogP contribution in [0.4, 0.5) is 11.4 Å². The van der Waals surface area contributed by atoms with E-state index in [9.17, 15) is 14.7 Å². The number of benzene rings is 2. The normalized spacial score (nSPS) is 12.1. The van der Waals surface area contributed by atoms with E-state index in [4.69, 9.17) is 14.3 Å². The summed E-state index contributed by atoms with van der Waals surface area (Å²) in [6.07, 6.45) is 4.07.